The SMILES string of the molecule is NC(=S)c1ncccc1Cn1c(=O)oc2cccnc21. The fourth-order valence-corrected chi connectivity index (χ4v) is 2.18. The van der Waals surface area contributed by atoms with E-state index < -0.39 is 5.76 Å². The second-order valence-corrected chi connectivity index (χ2v) is 4.59. The number of nitrogens with two attached hydrogens (primary N) is 1. The molecule has 0 fully saturated rings. The summed E-state index contributed by atoms with van der Waals surface area (Å²) in [6, 6.07) is 6.98. The third-order valence-electron chi connectivity index (χ3n) is 2.88. The van der Waals surface area contributed by atoms with Crippen LogP contribution in [0.5, 0.6) is 0 Å². The van der Waals surface area contributed by atoms with E-state index >= 15 is 0 Å². The Hall–Kier alpha value is -2.54. The second-order valence-electron chi connectivity index (χ2n) is 4.15. The molecule has 7 heteroatoms. The van der Waals surface area contributed by atoms with Gasteiger partial charge in [0.15, 0.2) is 11.2 Å². The van der Waals surface area contributed by atoms with E-state index in [0.717, 1.165) is 5.56 Å². The fraction of sp³-hybridized carbons (Fsp3) is 0.0769. The molecule has 20 heavy (non-hydrogen) atoms. The van der Waals surface area contributed by atoms with Crippen LogP contribution in [0.1, 0.15) is 11.3 Å². The summed E-state index contributed by atoms with van der Waals surface area (Å²) in [5, 5.41) is 0. The monoisotopic (exact) mass is 286 g/mol. The molecular weight excluding hydrogens is 276 g/mol. The Morgan fingerprint density at radius 2 is 2.05 bits per heavy atom. The molecule has 0 aliphatic carbocycles. The Morgan fingerprint density at radius 3 is 2.85 bits per heavy atom. The molecule has 0 saturated carbocycles. The molecule has 0 aliphatic rings. The summed E-state index contributed by atoms with van der Waals surface area (Å²) < 4.78 is 6.56. The van der Waals surface area contributed by atoms with Gasteiger partial charge in [0.25, 0.3) is 0 Å². The molecule has 3 aromatic heterocycles. The van der Waals surface area contributed by atoms with E-state index in [9.17, 15) is 4.79 Å². The summed E-state index contributed by atoms with van der Waals surface area (Å²) in [5.74, 6) is -0.476. The molecule has 0 aromatic carbocycles. The molecule has 0 radical (unpaired) electrons. The maximum atomic E-state index is 11.9. The highest BCUT2D eigenvalue weighted by molar-refractivity contribution is 7.80. The molecule has 3 aromatic rings. The van der Waals surface area contributed by atoms with Crippen molar-refractivity contribution in [1.29, 1.82) is 0 Å². The Balaban J connectivity index is 2.13. The minimum atomic E-state index is -0.476. The molecule has 0 spiro atoms. The van der Waals surface area contributed by atoms with Gasteiger partial charge in [-0.3, -0.25) is 9.55 Å². The summed E-state index contributed by atoms with van der Waals surface area (Å²) in [7, 11) is 0. The maximum absolute atomic E-state index is 11.9. The van der Waals surface area contributed by atoms with Crippen molar-refractivity contribution in [2.45, 2.75) is 6.54 Å². The molecule has 0 bridgehead atoms. The van der Waals surface area contributed by atoms with Gasteiger partial charge in [-0.1, -0.05) is 18.3 Å². The lowest BCUT2D eigenvalue weighted by Gasteiger charge is -2.06. The van der Waals surface area contributed by atoms with E-state index in [2.05, 4.69) is 9.97 Å². The van der Waals surface area contributed by atoms with Gasteiger partial charge in [0.1, 0.15) is 10.7 Å². The van der Waals surface area contributed by atoms with Crippen LogP contribution in [0.25, 0.3) is 11.2 Å². The number of aromatic nitrogens is 3. The molecule has 3 rings (SSSR count). The van der Waals surface area contributed by atoms with E-state index in [1.807, 2.05) is 6.07 Å². The third kappa shape index (κ3) is 2.08. The molecule has 2 N–H and O–H groups in total. The fourth-order valence-electron chi connectivity index (χ4n) is 2.00. The number of rotatable bonds is 3. The van der Waals surface area contributed by atoms with Gasteiger partial charge in [0.2, 0.25) is 0 Å². The van der Waals surface area contributed by atoms with Gasteiger partial charge in [-0.15, -0.1) is 0 Å². The predicted molar refractivity (Wildman–Crippen MR) is 77.5 cm³/mol. The number of oxazole rings is 1. The second kappa shape index (κ2) is 4.86. The van der Waals surface area contributed by atoms with Crippen LogP contribution in [-0.2, 0) is 6.54 Å². The molecule has 6 nitrogen and oxygen atoms in total. The zero-order chi connectivity index (χ0) is 14.1. The minimum Gasteiger partial charge on any atom is -0.406 e. The Labute approximate surface area is 118 Å². The van der Waals surface area contributed by atoms with Crippen molar-refractivity contribution in [3.63, 3.8) is 0 Å². The van der Waals surface area contributed by atoms with Crippen LogP contribution in [0.4, 0.5) is 0 Å². The van der Waals surface area contributed by atoms with E-state index in [4.69, 9.17) is 22.4 Å². The normalized spacial score (nSPS) is 10.8. The van der Waals surface area contributed by atoms with Crippen molar-refractivity contribution < 1.29 is 4.42 Å². The van der Waals surface area contributed by atoms with Gasteiger partial charge in [-0.25, -0.2) is 9.78 Å². The summed E-state index contributed by atoms with van der Waals surface area (Å²) in [5.41, 5.74) is 7.81. The van der Waals surface area contributed by atoms with Crippen molar-refractivity contribution in [1.82, 2.24) is 14.5 Å². The molecule has 100 valence electrons. The van der Waals surface area contributed by atoms with E-state index in [-0.39, 0.29) is 11.5 Å². The Bertz CT molecular complexity index is 853. The van der Waals surface area contributed by atoms with Gasteiger partial charge in [0, 0.05) is 18.0 Å². The first-order chi connectivity index (χ1) is 9.66. The summed E-state index contributed by atoms with van der Waals surface area (Å²) in [6.45, 7) is 0.253. The van der Waals surface area contributed by atoms with Crippen molar-refractivity contribution in [2.75, 3.05) is 0 Å². The van der Waals surface area contributed by atoms with Crippen LogP contribution in [0.2, 0.25) is 0 Å². The highest BCUT2D eigenvalue weighted by atomic mass is 32.1. The van der Waals surface area contributed by atoms with Crippen LogP contribution >= 0.6 is 12.2 Å². The molecule has 0 aliphatic heterocycles. The van der Waals surface area contributed by atoms with Crippen LogP contribution in [0, 0.1) is 0 Å². The number of nitrogens with zero attached hydrogens (tertiary/aromatic N) is 3. The van der Waals surface area contributed by atoms with Gasteiger partial charge in [-0.2, -0.15) is 0 Å². The highest BCUT2D eigenvalue weighted by Crippen LogP contribution is 2.12. The number of fused-ring (bicyclic) bond motifs is 1. The molecule has 0 amide bonds. The Kier molecular flexibility index (Phi) is 3.03. The first-order valence-corrected chi connectivity index (χ1v) is 6.25. The van der Waals surface area contributed by atoms with Crippen LogP contribution in [0.3, 0.4) is 0 Å². The van der Waals surface area contributed by atoms with Crippen LogP contribution < -0.4 is 11.5 Å². The average Bonchev–Trinajstić information content (AvgIpc) is 2.76. The van der Waals surface area contributed by atoms with Crippen molar-refractivity contribution >= 4 is 28.4 Å². The van der Waals surface area contributed by atoms with Crippen LogP contribution in [-0.4, -0.2) is 19.5 Å². The zero-order valence-corrected chi connectivity index (χ0v) is 11.1. The number of thiocarbonyl (C=S) groups is 1. The third-order valence-corrected chi connectivity index (χ3v) is 3.07. The summed E-state index contributed by atoms with van der Waals surface area (Å²) >= 11 is 4.96. The van der Waals surface area contributed by atoms with E-state index in [0.29, 0.717) is 16.9 Å². The summed E-state index contributed by atoms with van der Waals surface area (Å²) in [6.07, 6.45) is 3.21. The number of hydrogen-bond donors (Lipinski definition) is 1. The summed E-state index contributed by atoms with van der Waals surface area (Å²) in [4.78, 5) is 20.4. The van der Waals surface area contributed by atoms with Crippen molar-refractivity contribution in [3.05, 3.63) is 58.5 Å². The predicted octanol–water partition coefficient (Wildman–Crippen LogP) is 1.07. The largest absolute Gasteiger partial charge is 0.421 e. The molecule has 0 saturated heterocycles. The topological polar surface area (TPSA) is 86.9 Å². The number of pyridine rings is 2. The molecular formula is C13H10N4O2S. The van der Waals surface area contributed by atoms with E-state index in [1.165, 1.54) is 4.57 Å². The average molecular weight is 286 g/mol. The quantitative estimate of drug-likeness (QED) is 0.725. The van der Waals surface area contributed by atoms with Crippen molar-refractivity contribution in [3.8, 4) is 0 Å². The lowest BCUT2D eigenvalue weighted by Crippen LogP contribution is -2.20. The molecule has 0 unspecified atom stereocenters. The van der Waals surface area contributed by atoms with Gasteiger partial charge in [-0.05, 0) is 18.2 Å². The Morgan fingerprint density at radius 1 is 1.30 bits per heavy atom. The van der Waals surface area contributed by atoms with E-state index in [1.54, 1.807) is 30.6 Å². The number of hydrogen-bond acceptors (Lipinski definition) is 5. The maximum Gasteiger partial charge on any atom is 0.421 e. The van der Waals surface area contributed by atoms with Gasteiger partial charge >= 0.3 is 5.76 Å². The zero-order valence-electron chi connectivity index (χ0n) is 10.3. The lowest BCUT2D eigenvalue weighted by atomic mass is 10.2. The van der Waals surface area contributed by atoms with Gasteiger partial charge < -0.3 is 10.2 Å². The van der Waals surface area contributed by atoms with Gasteiger partial charge in [0.05, 0.1) is 6.54 Å². The van der Waals surface area contributed by atoms with Crippen molar-refractivity contribution in [2.24, 2.45) is 5.73 Å². The lowest BCUT2D eigenvalue weighted by molar-refractivity contribution is 0.517. The highest BCUT2D eigenvalue weighted by Gasteiger charge is 2.13. The molecule has 3 heterocycles. The minimum absolute atomic E-state index is 0.189. The standard InChI is InChI=1S/C13H10N4O2S/c14-11(20)10-8(3-1-5-15-10)7-17-12-9(19-13(17)18)4-2-6-16-12/h1-6H,7H2,(H2,14,20). The first kappa shape index (κ1) is 12.5. The first-order valence-electron chi connectivity index (χ1n) is 5.85. The van der Waals surface area contributed by atoms with Crippen LogP contribution in [0.15, 0.2) is 45.9 Å². The smallest absolute Gasteiger partial charge is 0.406 e. The molecule has 0 atom stereocenters.